The van der Waals surface area contributed by atoms with Crippen molar-refractivity contribution in [2.75, 3.05) is 26.0 Å². The van der Waals surface area contributed by atoms with Crippen LogP contribution in [-0.4, -0.2) is 31.5 Å². The van der Waals surface area contributed by atoms with Gasteiger partial charge in [-0.2, -0.15) is 0 Å². The van der Waals surface area contributed by atoms with Gasteiger partial charge in [-0.15, -0.1) is 0 Å². The summed E-state index contributed by atoms with van der Waals surface area (Å²) in [7, 11) is 3.56. The second kappa shape index (κ2) is 10.6. The number of nitrogens with one attached hydrogen (secondary N) is 1. The molecule has 3 rings (SSSR count). The van der Waals surface area contributed by atoms with E-state index in [1.165, 1.54) is 0 Å². The average molecular weight is 419 g/mol. The van der Waals surface area contributed by atoms with E-state index < -0.39 is 0 Å². The molecule has 5 heteroatoms. The zero-order valence-corrected chi connectivity index (χ0v) is 18.6. The number of methoxy groups -OCH3 is 1. The van der Waals surface area contributed by atoms with Crippen LogP contribution < -0.4 is 14.8 Å². The average Bonchev–Trinajstić information content (AvgIpc) is 2.76. The molecule has 3 aromatic rings. The van der Waals surface area contributed by atoms with Crippen molar-refractivity contribution >= 4 is 11.6 Å². The Morgan fingerprint density at radius 1 is 0.903 bits per heavy atom. The predicted octanol–water partition coefficient (Wildman–Crippen LogP) is 4.96. The summed E-state index contributed by atoms with van der Waals surface area (Å²) in [4.78, 5) is 14.5. The van der Waals surface area contributed by atoms with Crippen LogP contribution in [0, 0.1) is 13.8 Å². The van der Waals surface area contributed by atoms with Crippen molar-refractivity contribution in [2.45, 2.75) is 27.0 Å². The van der Waals surface area contributed by atoms with E-state index in [2.05, 4.69) is 5.32 Å². The monoisotopic (exact) mass is 418 g/mol. The molecule has 0 spiro atoms. The van der Waals surface area contributed by atoms with Gasteiger partial charge in [0.1, 0.15) is 6.61 Å². The molecule has 0 saturated carbocycles. The lowest BCUT2D eigenvalue weighted by atomic mass is 10.1. The van der Waals surface area contributed by atoms with E-state index in [-0.39, 0.29) is 5.91 Å². The molecule has 162 valence electrons. The van der Waals surface area contributed by atoms with Crippen LogP contribution in [0.4, 0.5) is 5.69 Å². The normalized spacial score (nSPS) is 10.7. The van der Waals surface area contributed by atoms with Gasteiger partial charge in [0.2, 0.25) is 5.91 Å². The van der Waals surface area contributed by atoms with Gasteiger partial charge in [0.05, 0.1) is 13.7 Å². The van der Waals surface area contributed by atoms with Gasteiger partial charge in [-0.3, -0.25) is 9.69 Å². The standard InChI is InChI=1S/C26H30N2O3/c1-19-9-8-10-20(2)26(19)27-25(29)17-28(3)16-22-13-14-23(24(15-22)30-4)31-18-21-11-6-5-7-12-21/h5-15H,16-18H2,1-4H3,(H,27,29). The minimum absolute atomic E-state index is 0.0327. The number of para-hydroxylation sites is 1. The lowest BCUT2D eigenvalue weighted by Gasteiger charge is -2.19. The fourth-order valence-electron chi connectivity index (χ4n) is 3.47. The molecule has 0 atom stereocenters. The van der Waals surface area contributed by atoms with Gasteiger partial charge >= 0.3 is 0 Å². The molecule has 0 aliphatic rings. The Labute approximate surface area is 184 Å². The molecule has 5 nitrogen and oxygen atoms in total. The molecule has 0 saturated heterocycles. The Bertz CT molecular complexity index is 998. The maximum atomic E-state index is 12.5. The minimum atomic E-state index is -0.0327. The predicted molar refractivity (Wildman–Crippen MR) is 125 cm³/mol. The van der Waals surface area contributed by atoms with E-state index >= 15 is 0 Å². The molecule has 0 aromatic heterocycles. The van der Waals surface area contributed by atoms with Crippen LogP contribution in [0.15, 0.2) is 66.7 Å². The van der Waals surface area contributed by atoms with Gasteiger partial charge in [0, 0.05) is 12.2 Å². The number of rotatable bonds is 9. The van der Waals surface area contributed by atoms with E-state index in [9.17, 15) is 4.79 Å². The molecule has 0 heterocycles. The zero-order valence-electron chi connectivity index (χ0n) is 18.6. The molecular weight excluding hydrogens is 388 g/mol. The number of benzene rings is 3. The van der Waals surface area contributed by atoms with Crippen molar-refractivity contribution in [3.05, 3.63) is 89.0 Å². The molecule has 0 fully saturated rings. The fraction of sp³-hybridized carbons (Fsp3) is 0.269. The Kier molecular flexibility index (Phi) is 7.68. The molecule has 1 N–H and O–H groups in total. The van der Waals surface area contributed by atoms with Crippen molar-refractivity contribution in [3.8, 4) is 11.5 Å². The highest BCUT2D eigenvalue weighted by molar-refractivity contribution is 5.93. The van der Waals surface area contributed by atoms with Gasteiger partial charge < -0.3 is 14.8 Å². The zero-order chi connectivity index (χ0) is 22.2. The number of hydrogen-bond donors (Lipinski definition) is 1. The Balaban J connectivity index is 1.58. The highest BCUT2D eigenvalue weighted by Crippen LogP contribution is 2.29. The highest BCUT2D eigenvalue weighted by Gasteiger charge is 2.12. The van der Waals surface area contributed by atoms with Gasteiger partial charge in [-0.1, -0.05) is 54.6 Å². The summed E-state index contributed by atoms with van der Waals surface area (Å²) in [6.45, 7) is 5.40. The summed E-state index contributed by atoms with van der Waals surface area (Å²) in [5.41, 5.74) is 5.16. The number of ether oxygens (including phenoxy) is 2. The number of aryl methyl sites for hydroxylation is 2. The Hall–Kier alpha value is -3.31. The van der Waals surface area contributed by atoms with Gasteiger partial charge in [-0.05, 0) is 55.3 Å². The fourth-order valence-corrected chi connectivity index (χ4v) is 3.47. The number of hydrogen-bond acceptors (Lipinski definition) is 4. The SMILES string of the molecule is COc1cc(CN(C)CC(=O)Nc2c(C)cccc2C)ccc1OCc1ccccc1. The van der Waals surface area contributed by atoms with E-state index in [0.717, 1.165) is 27.9 Å². The van der Waals surface area contributed by atoms with Gasteiger partial charge in [-0.25, -0.2) is 0 Å². The highest BCUT2D eigenvalue weighted by atomic mass is 16.5. The Morgan fingerprint density at radius 3 is 2.29 bits per heavy atom. The molecule has 0 aliphatic carbocycles. The van der Waals surface area contributed by atoms with Crippen LogP contribution in [0.1, 0.15) is 22.3 Å². The van der Waals surface area contributed by atoms with Crippen molar-refractivity contribution < 1.29 is 14.3 Å². The smallest absolute Gasteiger partial charge is 0.238 e. The van der Waals surface area contributed by atoms with Crippen molar-refractivity contribution in [2.24, 2.45) is 0 Å². The summed E-state index contributed by atoms with van der Waals surface area (Å²) in [6, 6.07) is 21.9. The lowest BCUT2D eigenvalue weighted by molar-refractivity contribution is -0.117. The number of anilines is 1. The lowest BCUT2D eigenvalue weighted by Crippen LogP contribution is -2.30. The molecule has 1 amide bonds. The van der Waals surface area contributed by atoms with E-state index in [1.807, 2.05) is 92.5 Å². The van der Waals surface area contributed by atoms with Crippen molar-refractivity contribution in [1.29, 1.82) is 0 Å². The van der Waals surface area contributed by atoms with E-state index in [0.29, 0.717) is 31.2 Å². The van der Waals surface area contributed by atoms with Crippen LogP contribution in [-0.2, 0) is 17.9 Å². The summed E-state index contributed by atoms with van der Waals surface area (Å²) in [5.74, 6) is 1.35. The molecule has 0 unspecified atom stereocenters. The summed E-state index contributed by atoms with van der Waals surface area (Å²) in [5, 5.41) is 3.03. The third kappa shape index (κ3) is 6.33. The number of carbonyl (C=O) groups is 1. The van der Waals surface area contributed by atoms with Crippen molar-refractivity contribution in [3.63, 3.8) is 0 Å². The Morgan fingerprint density at radius 2 is 1.61 bits per heavy atom. The molecule has 3 aromatic carbocycles. The van der Waals surface area contributed by atoms with Crippen LogP contribution in [0.3, 0.4) is 0 Å². The largest absolute Gasteiger partial charge is 0.493 e. The third-order valence-electron chi connectivity index (χ3n) is 5.08. The molecule has 0 bridgehead atoms. The minimum Gasteiger partial charge on any atom is -0.493 e. The molecule has 0 radical (unpaired) electrons. The second-order valence-electron chi connectivity index (χ2n) is 7.75. The first-order chi connectivity index (χ1) is 15.0. The van der Waals surface area contributed by atoms with Crippen LogP contribution in [0.5, 0.6) is 11.5 Å². The molecular formula is C26H30N2O3. The first-order valence-electron chi connectivity index (χ1n) is 10.3. The van der Waals surface area contributed by atoms with Crippen LogP contribution >= 0.6 is 0 Å². The van der Waals surface area contributed by atoms with Gasteiger partial charge in [0.15, 0.2) is 11.5 Å². The first kappa shape index (κ1) is 22.4. The van der Waals surface area contributed by atoms with Crippen LogP contribution in [0.2, 0.25) is 0 Å². The summed E-state index contributed by atoms with van der Waals surface area (Å²) in [6.07, 6.45) is 0. The van der Waals surface area contributed by atoms with Crippen molar-refractivity contribution in [1.82, 2.24) is 4.90 Å². The molecule has 0 aliphatic heterocycles. The number of carbonyl (C=O) groups excluding carboxylic acids is 1. The summed E-state index contributed by atoms with van der Waals surface area (Å²) >= 11 is 0. The number of nitrogens with zero attached hydrogens (tertiary/aromatic N) is 1. The maximum absolute atomic E-state index is 12.5. The molecule has 31 heavy (non-hydrogen) atoms. The number of amides is 1. The second-order valence-corrected chi connectivity index (χ2v) is 7.75. The quantitative estimate of drug-likeness (QED) is 0.534. The first-order valence-corrected chi connectivity index (χ1v) is 10.3. The van der Waals surface area contributed by atoms with E-state index in [1.54, 1.807) is 7.11 Å². The van der Waals surface area contributed by atoms with E-state index in [4.69, 9.17) is 9.47 Å². The maximum Gasteiger partial charge on any atom is 0.238 e. The number of likely N-dealkylation sites (N-methyl/N-ethyl adjacent to an activating group) is 1. The summed E-state index contributed by atoms with van der Waals surface area (Å²) < 4.78 is 11.4. The third-order valence-corrected chi connectivity index (χ3v) is 5.08. The van der Waals surface area contributed by atoms with Crippen LogP contribution in [0.25, 0.3) is 0 Å². The topological polar surface area (TPSA) is 50.8 Å². The van der Waals surface area contributed by atoms with Gasteiger partial charge in [0.25, 0.3) is 0 Å².